The van der Waals surface area contributed by atoms with E-state index >= 15 is 0 Å². The van der Waals surface area contributed by atoms with E-state index in [1.165, 1.54) is 43.5 Å². The molecule has 7 nitrogen and oxygen atoms in total. The summed E-state index contributed by atoms with van der Waals surface area (Å²) in [5, 5.41) is 4.57. The van der Waals surface area contributed by atoms with Gasteiger partial charge in [0.2, 0.25) is 5.91 Å². The molecule has 1 heterocycles. The molecule has 0 fully saturated rings. The first-order valence-corrected chi connectivity index (χ1v) is 10.9. The predicted molar refractivity (Wildman–Crippen MR) is 109 cm³/mol. The molecule has 0 unspecified atom stereocenters. The molecule has 0 aliphatic heterocycles. The van der Waals surface area contributed by atoms with E-state index in [1.807, 2.05) is 0 Å². The molecule has 0 radical (unpaired) electrons. The first kappa shape index (κ1) is 20.7. The van der Waals surface area contributed by atoms with Crippen molar-refractivity contribution < 1.29 is 22.3 Å². The molecule has 1 aromatic heterocycles. The van der Waals surface area contributed by atoms with Crippen LogP contribution in [0.2, 0.25) is 0 Å². The Labute approximate surface area is 171 Å². The number of rotatable bonds is 8. The average molecular weight is 436 g/mol. The second-order valence-corrected chi connectivity index (χ2v) is 8.52. The third-order valence-corrected chi connectivity index (χ3v) is 6.17. The molecule has 0 spiro atoms. The first-order valence-electron chi connectivity index (χ1n) is 8.52. The number of hydrogen-bond acceptors (Lipinski definition) is 6. The van der Waals surface area contributed by atoms with Gasteiger partial charge in [0.1, 0.15) is 11.6 Å². The highest BCUT2D eigenvalue weighted by Crippen LogP contribution is 2.22. The minimum Gasteiger partial charge on any atom is -0.497 e. The summed E-state index contributed by atoms with van der Waals surface area (Å²) >= 11 is 1.14. The quantitative estimate of drug-likeness (QED) is 0.563. The fraction of sp³-hybridized carbons (Fsp3) is 0.158. The van der Waals surface area contributed by atoms with E-state index in [0.717, 1.165) is 11.3 Å². The molecule has 152 valence electrons. The minimum atomic E-state index is -3.77. The number of carbonyl (C=O) groups is 1. The zero-order valence-corrected chi connectivity index (χ0v) is 17.0. The third-order valence-electron chi connectivity index (χ3n) is 3.88. The van der Waals surface area contributed by atoms with Crippen LogP contribution in [0.25, 0.3) is 0 Å². The van der Waals surface area contributed by atoms with Gasteiger partial charge in [0.25, 0.3) is 10.0 Å². The van der Waals surface area contributed by atoms with E-state index in [1.54, 1.807) is 17.5 Å². The number of nitrogens with zero attached hydrogens (tertiary/aromatic N) is 1. The molecule has 29 heavy (non-hydrogen) atoms. The molecule has 0 aliphatic carbocycles. The van der Waals surface area contributed by atoms with Crippen LogP contribution in [0, 0.1) is 5.82 Å². The van der Waals surface area contributed by atoms with E-state index < -0.39 is 10.0 Å². The predicted octanol–water partition coefficient (Wildman–Crippen LogP) is 3.66. The number of thiazole rings is 1. The summed E-state index contributed by atoms with van der Waals surface area (Å²) in [6.07, 6.45) is 0.500. The summed E-state index contributed by atoms with van der Waals surface area (Å²) in [4.78, 5) is 16.3. The summed E-state index contributed by atoms with van der Waals surface area (Å²) in [6, 6.07) is 11.5. The molecule has 1 amide bonds. The van der Waals surface area contributed by atoms with Crippen LogP contribution in [-0.4, -0.2) is 26.4 Å². The Morgan fingerprint density at radius 2 is 1.83 bits per heavy atom. The highest BCUT2D eigenvalue weighted by Gasteiger charge is 2.16. The van der Waals surface area contributed by atoms with Crippen LogP contribution < -0.4 is 14.8 Å². The summed E-state index contributed by atoms with van der Waals surface area (Å²) < 4.78 is 45.2. The van der Waals surface area contributed by atoms with Gasteiger partial charge < -0.3 is 10.1 Å². The second kappa shape index (κ2) is 9.01. The summed E-state index contributed by atoms with van der Waals surface area (Å²) in [6.45, 7) is 0. The molecule has 0 saturated heterocycles. The molecule has 0 aliphatic rings. The highest BCUT2D eigenvalue weighted by molar-refractivity contribution is 7.93. The van der Waals surface area contributed by atoms with Crippen molar-refractivity contribution in [3.63, 3.8) is 0 Å². The number of sulfonamides is 1. The minimum absolute atomic E-state index is 0.0914. The van der Waals surface area contributed by atoms with Crippen molar-refractivity contribution in [1.82, 2.24) is 4.98 Å². The molecule has 2 aromatic carbocycles. The topological polar surface area (TPSA) is 97.4 Å². The van der Waals surface area contributed by atoms with E-state index in [0.29, 0.717) is 23.6 Å². The number of aryl methyl sites for hydroxylation is 1. The smallest absolute Gasteiger partial charge is 0.263 e. The van der Waals surface area contributed by atoms with Gasteiger partial charge in [-0.05, 0) is 55.0 Å². The zero-order valence-electron chi connectivity index (χ0n) is 15.4. The Morgan fingerprint density at radius 3 is 2.48 bits per heavy atom. The fourth-order valence-corrected chi connectivity index (χ4v) is 4.39. The van der Waals surface area contributed by atoms with Crippen molar-refractivity contribution in [1.29, 1.82) is 0 Å². The maximum Gasteiger partial charge on any atom is 0.263 e. The number of carbonyl (C=O) groups excluding carboxylic acids is 1. The van der Waals surface area contributed by atoms with Crippen LogP contribution in [0.15, 0.2) is 58.8 Å². The van der Waals surface area contributed by atoms with E-state index in [2.05, 4.69) is 15.0 Å². The normalized spacial score (nSPS) is 11.1. The van der Waals surface area contributed by atoms with Gasteiger partial charge in [-0.25, -0.2) is 17.8 Å². The Bertz CT molecular complexity index is 1080. The van der Waals surface area contributed by atoms with Crippen molar-refractivity contribution >= 4 is 38.1 Å². The van der Waals surface area contributed by atoms with Gasteiger partial charge in [-0.1, -0.05) is 0 Å². The zero-order chi connectivity index (χ0) is 20.9. The molecular formula is C19H18FN3O4S2. The largest absolute Gasteiger partial charge is 0.497 e. The maximum absolute atomic E-state index is 12.9. The summed E-state index contributed by atoms with van der Waals surface area (Å²) in [5.74, 6) is -0.0699. The van der Waals surface area contributed by atoms with Crippen LogP contribution >= 0.6 is 11.3 Å². The van der Waals surface area contributed by atoms with Crippen LogP contribution in [-0.2, 0) is 21.2 Å². The molecule has 3 rings (SSSR count). The maximum atomic E-state index is 12.9. The molecule has 0 atom stereocenters. The van der Waals surface area contributed by atoms with E-state index in [4.69, 9.17) is 4.74 Å². The molecule has 3 aromatic rings. The molecule has 0 saturated carbocycles. The lowest BCUT2D eigenvalue weighted by Gasteiger charge is -2.06. The van der Waals surface area contributed by atoms with Crippen molar-refractivity contribution in [2.45, 2.75) is 17.7 Å². The lowest BCUT2D eigenvalue weighted by molar-refractivity contribution is -0.116. The van der Waals surface area contributed by atoms with Crippen LogP contribution in [0.1, 0.15) is 12.1 Å². The number of benzene rings is 2. The SMILES string of the molecule is COc1ccc(S(=O)(=O)Nc2nc(CCC(=O)Nc3ccc(F)cc3)cs2)cc1. The van der Waals surface area contributed by atoms with Gasteiger partial charge >= 0.3 is 0 Å². The number of aromatic nitrogens is 1. The number of ether oxygens (including phenoxy) is 1. The number of anilines is 2. The Morgan fingerprint density at radius 1 is 1.14 bits per heavy atom. The van der Waals surface area contributed by atoms with Gasteiger partial charge in [-0.2, -0.15) is 0 Å². The lowest BCUT2D eigenvalue weighted by Crippen LogP contribution is -2.13. The Balaban J connectivity index is 1.55. The fourth-order valence-electron chi connectivity index (χ4n) is 2.40. The van der Waals surface area contributed by atoms with Gasteiger partial charge in [0.15, 0.2) is 5.13 Å². The van der Waals surface area contributed by atoms with Gasteiger partial charge in [0, 0.05) is 17.5 Å². The van der Waals surface area contributed by atoms with Crippen molar-refractivity contribution in [2.75, 3.05) is 17.1 Å². The van der Waals surface area contributed by atoms with Gasteiger partial charge in [-0.15, -0.1) is 11.3 Å². The molecule has 10 heteroatoms. The van der Waals surface area contributed by atoms with Crippen molar-refractivity contribution in [3.05, 3.63) is 65.4 Å². The Hall–Kier alpha value is -2.98. The third kappa shape index (κ3) is 5.75. The van der Waals surface area contributed by atoms with E-state index in [-0.39, 0.29) is 28.2 Å². The van der Waals surface area contributed by atoms with Crippen molar-refractivity contribution in [3.8, 4) is 5.75 Å². The van der Waals surface area contributed by atoms with Crippen molar-refractivity contribution in [2.24, 2.45) is 0 Å². The first-order chi connectivity index (χ1) is 13.9. The standard InChI is InChI=1S/C19H18FN3O4S2/c1-27-16-7-9-17(10-8-16)29(25,26)23-19-22-15(12-28-19)6-11-18(24)21-14-4-2-13(20)3-5-14/h2-5,7-10,12H,6,11H2,1H3,(H,21,24)(H,22,23). The molecular weight excluding hydrogens is 417 g/mol. The average Bonchev–Trinajstić information content (AvgIpc) is 3.15. The van der Waals surface area contributed by atoms with Gasteiger partial charge in [-0.3, -0.25) is 9.52 Å². The van der Waals surface area contributed by atoms with Crippen LogP contribution in [0.5, 0.6) is 5.75 Å². The monoisotopic (exact) mass is 435 g/mol. The number of amides is 1. The number of methoxy groups -OCH3 is 1. The van der Waals surface area contributed by atoms with E-state index in [9.17, 15) is 17.6 Å². The van der Waals surface area contributed by atoms with Crippen LogP contribution in [0.3, 0.4) is 0 Å². The lowest BCUT2D eigenvalue weighted by atomic mass is 10.2. The Kier molecular flexibility index (Phi) is 6.45. The number of halogens is 1. The van der Waals surface area contributed by atoms with Crippen LogP contribution in [0.4, 0.5) is 15.2 Å². The number of hydrogen-bond donors (Lipinski definition) is 2. The second-order valence-electron chi connectivity index (χ2n) is 5.98. The van der Waals surface area contributed by atoms with Gasteiger partial charge in [0.05, 0.1) is 17.7 Å². The summed E-state index contributed by atoms with van der Waals surface area (Å²) in [7, 11) is -2.27. The molecule has 0 bridgehead atoms. The number of nitrogens with one attached hydrogen (secondary N) is 2. The highest BCUT2D eigenvalue weighted by atomic mass is 32.2. The molecule has 2 N–H and O–H groups in total. The summed E-state index contributed by atoms with van der Waals surface area (Å²) in [5.41, 5.74) is 1.10.